The molecule has 0 bridgehead atoms. The van der Waals surface area contributed by atoms with Gasteiger partial charge in [-0.3, -0.25) is 4.79 Å². The van der Waals surface area contributed by atoms with Gasteiger partial charge in [0.05, 0.1) is 9.73 Å². The Labute approximate surface area is 199 Å². The smallest absolute Gasteiger partial charge is 0.435 e. The van der Waals surface area contributed by atoms with Crippen LogP contribution >= 0.6 is 11.6 Å². The van der Waals surface area contributed by atoms with Crippen molar-refractivity contribution in [2.24, 2.45) is 0 Å². The summed E-state index contributed by atoms with van der Waals surface area (Å²) in [6.07, 6.45) is -3.64. The SMILES string of the molecule is Cc1cc(Cl)cc(C)c1Oc1nnc(C(F)(F)F)c(C)c1C(=O)Nc1cccc(S(C)(=N)=O)c1. The van der Waals surface area contributed by atoms with E-state index in [9.17, 15) is 22.2 Å². The lowest BCUT2D eigenvalue weighted by Crippen LogP contribution is -2.21. The second kappa shape index (κ2) is 9.22. The predicted molar refractivity (Wildman–Crippen MR) is 122 cm³/mol. The molecule has 0 spiro atoms. The molecule has 3 aromatic rings. The van der Waals surface area contributed by atoms with Gasteiger partial charge in [0, 0.05) is 21.9 Å². The van der Waals surface area contributed by atoms with Crippen LogP contribution in [0.2, 0.25) is 5.02 Å². The average Bonchev–Trinajstić information content (AvgIpc) is 2.69. The third-order valence-corrected chi connectivity index (χ3v) is 6.22. The van der Waals surface area contributed by atoms with Crippen LogP contribution in [0.25, 0.3) is 0 Å². The molecule has 1 atom stereocenters. The zero-order valence-electron chi connectivity index (χ0n) is 18.5. The highest BCUT2D eigenvalue weighted by Crippen LogP contribution is 2.37. The molecule has 1 heterocycles. The fraction of sp³-hybridized carbons (Fsp3) is 0.227. The van der Waals surface area contributed by atoms with Gasteiger partial charge in [0.15, 0.2) is 5.69 Å². The summed E-state index contributed by atoms with van der Waals surface area (Å²) in [5.41, 5.74) is -0.974. The van der Waals surface area contributed by atoms with Gasteiger partial charge in [0.25, 0.3) is 11.8 Å². The predicted octanol–water partition coefficient (Wildman–Crippen LogP) is 6.15. The third kappa shape index (κ3) is 5.48. The van der Waals surface area contributed by atoms with Gasteiger partial charge in [-0.05, 0) is 67.8 Å². The van der Waals surface area contributed by atoms with Crippen LogP contribution in [0.1, 0.15) is 32.7 Å². The third-order valence-electron chi connectivity index (χ3n) is 4.85. The highest BCUT2D eigenvalue weighted by molar-refractivity contribution is 7.91. The van der Waals surface area contributed by atoms with Crippen molar-refractivity contribution in [2.75, 3.05) is 11.6 Å². The van der Waals surface area contributed by atoms with E-state index in [-0.39, 0.29) is 16.3 Å². The van der Waals surface area contributed by atoms with Gasteiger partial charge in [-0.1, -0.05) is 17.7 Å². The molecule has 0 saturated heterocycles. The van der Waals surface area contributed by atoms with E-state index >= 15 is 0 Å². The van der Waals surface area contributed by atoms with Crippen LogP contribution in [0.3, 0.4) is 0 Å². The summed E-state index contributed by atoms with van der Waals surface area (Å²) in [4.78, 5) is 13.3. The first-order valence-electron chi connectivity index (χ1n) is 9.72. The number of ether oxygens (including phenoxy) is 1. The monoisotopic (exact) mass is 512 g/mol. The summed E-state index contributed by atoms with van der Waals surface area (Å²) in [5.74, 6) is -1.09. The van der Waals surface area contributed by atoms with Crippen LogP contribution in [0, 0.1) is 25.6 Å². The van der Waals surface area contributed by atoms with Crippen LogP contribution in [0.4, 0.5) is 18.9 Å². The first-order valence-corrected chi connectivity index (χ1v) is 12.1. The Bertz CT molecular complexity index is 1370. The molecule has 180 valence electrons. The molecule has 0 fully saturated rings. The fourth-order valence-corrected chi connectivity index (χ4v) is 4.29. The topological polar surface area (TPSA) is 105 Å². The van der Waals surface area contributed by atoms with E-state index in [0.29, 0.717) is 16.1 Å². The zero-order valence-corrected chi connectivity index (χ0v) is 20.1. The van der Waals surface area contributed by atoms with Gasteiger partial charge in [0.2, 0.25) is 0 Å². The van der Waals surface area contributed by atoms with Crippen molar-refractivity contribution in [1.29, 1.82) is 4.78 Å². The van der Waals surface area contributed by atoms with Crippen molar-refractivity contribution in [3.8, 4) is 11.6 Å². The molecule has 2 N–H and O–H groups in total. The Morgan fingerprint density at radius 1 is 1.12 bits per heavy atom. The molecule has 7 nitrogen and oxygen atoms in total. The number of anilines is 1. The normalized spacial score (nSPS) is 13.3. The standard InChI is InChI=1S/C22H20ClF3N4O3S/c1-11-8-14(23)9-12(2)18(11)33-21-17(13(3)19(29-30-21)22(24,25)26)20(31)28-15-6-5-7-16(10-15)34(4,27)32/h5-10,27H,1-4H3,(H,28,31). The number of halogens is 4. The van der Waals surface area contributed by atoms with Gasteiger partial charge in [-0.2, -0.15) is 13.2 Å². The molecule has 12 heteroatoms. The van der Waals surface area contributed by atoms with Gasteiger partial charge in [-0.25, -0.2) is 8.99 Å². The fourth-order valence-electron chi connectivity index (χ4n) is 3.27. The van der Waals surface area contributed by atoms with E-state index in [1.807, 2.05) is 0 Å². The van der Waals surface area contributed by atoms with Crippen LogP contribution in [-0.2, 0) is 15.9 Å². The first kappa shape index (κ1) is 25.4. The van der Waals surface area contributed by atoms with Crippen LogP contribution < -0.4 is 10.1 Å². The van der Waals surface area contributed by atoms with Gasteiger partial charge < -0.3 is 10.1 Å². The maximum absolute atomic E-state index is 13.5. The van der Waals surface area contributed by atoms with E-state index in [4.69, 9.17) is 21.1 Å². The number of carbonyl (C=O) groups excluding carboxylic acids is 1. The number of rotatable bonds is 5. The van der Waals surface area contributed by atoms with Crippen molar-refractivity contribution in [3.05, 3.63) is 69.4 Å². The second-order valence-electron chi connectivity index (χ2n) is 7.65. The quantitative estimate of drug-likeness (QED) is 0.426. The van der Waals surface area contributed by atoms with Crippen molar-refractivity contribution in [2.45, 2.75) is 31.8 Å². The molecule has 0 aliphatic rings. The number of nitrogens with one attached hydrogen (secondary N) is 2. The molecule has 3 rings (SSSR count). The number of amides is 1. The molecular formula is C22H20ClF3N4O3S. The van der Waals surface area contributed by atoms with Gasteiger partial charge >= 0.3 is 6.18 Å². The van der Waals surface area contributed by atoms with Crippen LogP contribution in [0.15, 0.2) is 41.3 Å². The van der Waals surface area contributed by atoms with E-state index < -0.39 is 44.5 Å². The number of alkyl halides is 3. The number of carbonyl (C=O) groups is 1. The Morgan fingerprint density at radius 2 is 1.74 bits per heavy atom. The lowest BCUT2D eigenvalue weighted by Gasteiger charge is -2.18. The average molecular weight is 513 g/mol. The van der Waals surface area contributed by atoms with Crippen molar-refractivity contribution in [3.63, 3.8) is 0 Å². The summed E-state index contributed by atoms with van der Waals surface area (Å²) in [7, 11) is -3.08. The van der Waals surface area contributed by atoms with E-state index in [2.05, 4.69) is 15.5 Å². The Morgan fingerprint density at radius 3 is 2.29 bits per heavy atom. The summed E-state index contributed by atoms with van der Waals surface area (Å²) in [6.45, 7) is 4.47. The molecule has 2 aromatic carbocycles. The van der Waals surface area contributed by atoms with Gasteiger partial charge in [0.1, 0.15) is 11.3 Å². The summed E-state index contributed by atoms with van der Waals surface area (Å²) in [6, 6.07) is 8.89. The second-order valence-corrected chi connectivity index (χ2v) is 10.2. The number of aryl methyl sites for hydroxylation is 2. The highest BCUT2D eigenvalue weighted by atomic mass is 35.5. The molecule has 1 aromatic heterocycles. The summed E-state index contributed by atoms with van der Waals surface area (Å²) < 4.78 is 66.0. The van der Waals surface area contributed by atoms with Crippen LogP contribution in [0.5, 0.6) is 11.6 Å². The minimum Gasteiger partial charge on any atom is -0.436 e. The number of hydrogen-bond donors (Lipinski definition) is 2. The number of benzene rings is 2. The van der Waals surface area contributed by atoms with E-state index in [1.165, 1.54) is 30.5 Å². The largest absolute Gasteiger partial charge is 0.436 e. The van der Waals surface area contributed by atoms with Crippen molar-refractivity contribution < 1.29 is 26.9 Å². The minimum absolute atomic E-state index is 0.138. The number of aromatic nitrogens is 2. The van der Waals surface area contributed by atoms with E-state index in [1.54, 1.807) is 26.0 Å². The van der Waals surface area contributed by atoms with Crippen molar-refractivity contribution >= 4 is 32.9 Å². The summed E-state index contributed by atoms with van der Waals surface area (Å²) in [5, 5.41) is 9.73. The number of nitrogens with zero attached hydrogens (tertiary/aromatic N) is 2. The molecule has 0 aliphatic carbocycles. The lowest BCUT2D eigenvalue weighted by molar-refractivity contribution is -0.142. The number of hydrogen-bond acceptors (Lipinski definition) is 6. The lowest BCUT2D eigenvalue weighted by atomic mass is 10.1. The Balaban J connectivity index is 2.11. The zero-order chi connectivity index (χ0) is 25.4. The maximum Gasteiger partial charge on any atom is 0.435 e. The van der Waals surface area contributed by atoms with E-state index in [0.717, 1.165) is 6.92 Å². The highest BCUT2D eigenvalue weighted by Gasteiger charge is 2.38. The molecular weight excluding hydrogens is 493 g/mol. The maximum atomic E-state index is 13.5. The summed E-state index contributed by atoms with van der Waals surface area (Å²) >= 11 is 6.03. The Hall–Kier alpha value is -3.18. The molecule has 1 amide bonds. The Kier molecular flexibility index (Phi) is 6.90. The van der Waals surface area contributed by atoms with Crippen LogP contribution in [-0.4, -0.2) is 26.6 Å². The molecule has 34 heavy (non-hydrogen) atoms. The molecule has 0 saturated carbocycles. The molecule has 0 aliphatic heterocycles. The molecule has 0 radical (unpaired) electrons. The molecule has 1 unspecified atom stereocenters. The van der Waals surface area contributed by atoms with Gasteiger partial charge in [-0.15, -0.1) is 10.2 Å². The first-order chi connectivity index (χ1) is 15.7. The van der Waals surface area contributed by atoms with Crippen molar-refractivity contribution in [1.82, 2.24) is 10.2 Å². The minimum atomic E-state index is -4.85.